The lowest BCUT2D eigenvalue weighted by atomic mass is 10.1. The summed E-state index contributed by atoms with van der Waals surface area (Å²) >= 11 is 0. The lowest BCUT2D eigenvalue weighted by Crippen LogP contribution is -2.41. The van der Waals surface area contributed by atoms with Crippen LogP contribution in [-0.2, 0) is 9.53 Å². The number of amides is 1. The highest BCUT2D eigenvalue weighted by Gasteiger charge is 2.24. The van der Waals surface area contributed by atoms with E-state index in [2.05, 4.69) is 5.32 Å². The molecule has 0 aliphatic carbocycles. The zero-order chi connectivity index (χ0) is 14.1. The van der Waals surface area contributed by atoms with E-state index in [1.807, 2.05) is 20.8 Å². The average molecular weight is 269 g/mol. The topological polar surface area (TPSA) is 38.3 Å². The summed E-state index contributed by atoms with van der Waals surface area (Å²) in [5, 5.41) is 3.03. The number of carbonyl (C=O) groups excluding carboxylic acids is 1. The van der Waals surface area contributed by atoms with Crippen LogP contribution in [0.15, 0.2) is 0 Å². The molecular formula is C16H31NO2. The number of rotatable bonds is 1. The van der Waals surface area contributed by atoms with Crippen molar-refractivity contribution in [2.24, 2.45) is 0 Å². The first kappa shape index (κ1) is 16.5. The molecule has 0 aromatic rings. The predicted molar refractivity (Wildman–Crippen MR) is 79.2 cm³/mol. The number of carbonyl (C=O) groups is 1. The fourth-order valence-corrected chi connectivity index (χ4v) is 2.51. The van der Waals surface area contributed by atoms with Gasteiger partial charge in [0.2, 0.25) is 5.91 Å². The van der Waals surface area contributed by atoms with Crippen LogP contribution in [0.5, 0.6) is 0 Å². The van der Waals surface area contributed by atoms with Gasteiger partial charge in [-0.25, -0.2) is 0 Å². The summed E-state index contributed by atoms with van der Waals surface area (Å²) < 4.78 is 5.91. The maximum atomic E-state index is 12.2. The Labute approximate surface area is 118 Å². The first-order valence-electron chi connectivity index (χ1n) is 7.94. The lowest BCUT2D eigenvalue weighted by Gasteiger charge is -2.27. The van der Waals surface area contributed by atoms with Crippen molar-refractivity contribution in [2.45, 2.75) is 90.3 Å². The standard InChI is InChI=1S/C16H31NO2/c1-16(2,3)19-14-12-10-8-6-4-5-7-9-11-13-17-15(14)18/h14H,4-13H2,1-3H3,(H,17,18). The van der Waals surface area contributed by atoms with Gasteiger partial charge in [0.15, 0.2) is 0 Å². The van der Waals surface area contributed by atoms with E-state index >= 15 is 0 Å². The van der Waals surface area contributed by atoms with E-state index in [-0.39, 0.29) is 17.6 Å². The van der Waals surface area contributed by atoms with Crippen LogP contribution < -0.4 is 5.32 Å². The number of hydrogen-bond donors (Lipinski definition) is 1. The molecule has 0 spiro atoms. The van der Waals surface area contributed by atoms with Gasteiger partial charge in [-0.3, -0.25) is 4.79 Å². The Bertz CT molecular complexity index is 258. The van der Waals surface area contributed by atoms with E-state index in [9.17, 15) is 4.79 Å². The predicted octanol–water partition coefficient (Wildman–Crippen LogP) is 3.81. The molecule has 19 heavy (non-hydrogen) atoms. The zero-order valence-corrected chi connectivity index (χ0v) is 13.0. The molecule has 1 aliphatic rings. The molecule has 1 unspecified atom stereocenters. The highest BCUT2D eigenvalue weighted by Crippen LogP contribution is 2.17. The van der Waals surface area contributed by atoms with Crippen molar-refractivity contribution >= 4 is 5.91 Å². The molecule has 112 valence electrons. The van der Waals surface area contributed by atoms with Crippen molar-refractivity contribution in [3.05, 3.63) is 0 Å². The van der Waals surface area contributed by atoms with E-state index in [1.54, 1.807) is 0 Å². The summed E-state index contributed by atoms with van der Waals surface area (Å²) in [6.07, 6.45) is 10.5. The molecule has 1 rings (SSSR count). The molecule has 1 atom stereocenters. The van der Waals surface area contributed by atoms with Crippen molar-refractivity contribution in [1.29, 1.82) is 0 Å². The minimum Gasteiger partial charge on any atom is -0.363 e. The van der Waals surface area contributed by atoms with Gasteiger partial charge < -0.3 is 10.1 Å². The van der Waals surface area contributed by atoms with Crippen LogP contribution in [0, 0.1) is 0 Å². The molecule has 0 bridgehead atoms. The third-order valence-corrected chi connectivity index (χ3v) is 3.48. The summed E-state index contributed by atoms with van der Waals surface area (Å²) in [4.78, 5) is 12.2. The van der Waals surface area contributed by atoms with E-state index < -0.39 is 0 Å². The Morgan fingerprint density at radius 2 is 1.47 bits per heavy atom. The van der Waals surface area contributed by atoms with E-state index in [1.165, 1.54) is 38.5 Å². The molecule has 1 N–H and O–H groups in total. The Morgan fingerprint density at radius 1 is 0.947 bits per heavy atom. The molecule has 3 nitrogen and oxygen atoms in total. The minimum absolute atomic E-state index is 0.0779. The van der Waals surface area contributed by atoms with Gasteiger partial charge in [-0.2, -0.15) is 0 Å². The first-order valence-corrected chi connectivity index (χ1v) is 7.94. The van der Waals surface area contributed by atoms with Crippen LogP contribution in [0.1, 0.15) is 78.6 Å². The largest absolute Gasteiger partial charge is 0.363 e. The maximum Gasteiger partial charge on any atom is 0.249 e. The van der Waals surface area contributed by atoms with Gasteiger partial charge in [0, 0.05) is 6.54 Å². The van der Waals surface area contributed by atoms with Crippen LogP contribution in [0.4, 0.5) is 0 Å². The van der Waals surface area contributed by atoms with Crippen molar-refractivity contribution < 1.29 is 9.53 Å². The van der Waals surface area contributed by atoms with Gasteiger partial charge in [0.1, 0.15) is 6.10 Å². The van der Waals surface area contributed by atoms with Gasteiger partial charge in [-0.05, 0) is 33.6 Å². The van der Waals surface area contributed by atoms with E-state index in [0.717, 1.165) is 25.8 Å². The molecule has 3 heteroatoms. The second-order valence-electron chi connectivity index (χ2n) is 6.63. The summed E-state index contributed by atoms with van der Waals surface area (Å²) in [6.45, 7) is 6.84. The highest BCUT2D eigenvalue weighted by atomic mass is 16.5. The van der Waals surface area contributed by atoms with Crippen LogP contribution in [-0.4, -0.2) is 24.2 Å². The highest BCUT2D eigenvalue weighted by molar-refractivity contribution is 5.80. The van der Waals surface area contributed by atoms with E-state index in [4.69, 9.17) is 4.74 Å². The number of nitrogens with one attached hydrogen (secondary N) is 1. The van der Waals surface area contributed by atoms with Crippen molar-refractivity contribution in [1.82, 2.24) is 5.32 Å². The van der Waals surface area contributed by atoms with E-state index in [0.29, 0.717) is 0 Å². The van der Waals surface area contributed by atoms with Gasteiger partial charge in [-0.15, -0.1) is 0 Å². The van der Waals surface area contributed by atoms with Crippen LogP contribution in [0.2, 0.25) is 0 Å². The Balaban J connectivity index is 2.50. The minimum atomic E-state index is -0.277. The van der Waals surface area contributed by atoms with Crippen LogP contribution >= 0.6 is 0 Å². The Hall–Kier alpha value is -0.570. The SMILES string of the molecule is CC(C)(C)OC1CCCCCCCCCCNC1=O. The molecule has 1 heterocycles. The Kier molecular flexibility index (Phi) is 7.44. The lowest BCUT2D eigenvalue weighted by molar-refractivity contribution is -0.143. The van der Waals surface area contributed by atoms with Gasteiger partial charge in [0.25, 0.3) is 0 Å². The first-order chi connectivity index (χ1) is 8.99. The molecule has 0 saturated carbocycles. The summed E-state index contributed by atoms with van der Waals surface area (Å²) in [6, 6.07) is 0. The molecule has 0 radical (unpaired) electrons. The fourth-order valence-electron chi connectivity index (χ4n) is 2.51. The molecule has 1 fully saturated rings. The second kappa shape index (κ2) is 8.57. The third kappa shape index (κ3) is 8.25. The third-order valence-electron chi connectivity index (χ3n) is 3.48. The molecule has 1 amide bonds. The second-order valence-corrected chi connectivity index (χ2v) is 6.63. The summed E-state index contributed by atoms with van der Waals surface area (Å²) in [5.41, 5.74) is -0.254. The molecule has 1 aliphatic heterocycles. The fraction of sp³-hybridized carbons (Fsp3) is 0.938. The van der Waals surface area contributed by atoms with Gasteiger partial charge >= 0.3 is 0 Å². The molecular weight excluding hydrogens is 238 g/mol. The van der Waals surface area contributed by atoms with Crippen molar-refractivity contribution in [2.75, 3.05) is 6.54 Å². The smallest absolute Gasteiger partial charge is 0.249 e. The average Bonchev–Trinajstić information content (AvgIpc) is 2.33. The quantitative estimate of drug-likeness (QED) is 0.786. The van der Waals surface area contributed by atoms with Gasteiger partial charge in [-0.1, -0.05) is 44.9 Å². The Morgan fingerprint density at radius 3 is 2.05 bits per heavy atom. The molecule has 0 aromatic carbocycles. The van der Waals surface area contributed by atoms with Crippen molar-refractivity contribution in [3.63, 3.8) is 0 Å². The normalized spacial score (nSPS) is 24.8. The van der Waals surface area contributed by atoms with Crippen LogP contribution in [0.25, 0.3) is 0 Å². The maximum absolute atomic E-state index is 12.2. The summed E-state index contributed by atoms with van der Waals surface area (Å²) in [7, 11) is 0. The molecule has 0 aromatic heterocycles. The monoisotopic (exact) mass is 269 g/mol. The van der Waals surface area contributed by atoms with Crippen LogP contribution in [0.3, 0.4) is 0 Å². The summed E-state index contributed by atoms with van der Waals surface area (Å²) in [5.74, 6) is 0.0779. The zero-order valence-electron chi connectivity index (χ0n) is 13.0. The molecule has 1 saturated heterocycles. The number of ether oxygens (including phenoxy) is 1. The van der Waals surface area contributed by atoms with Crippen molar-refractivity contribution in [3.8, 4) is 0 Å². The number of hydrogen-bond acceptors (Lipinski definition) is 2. The van der Waals surface area contributed by atoms with Gasteiger partial charge in [0.05, 0.1) is 5.60 Å².